The molecule has 0 aliphatic heterocycles. The Bertz CT molecular complexity index is 245. The number of benzene rings is 1. The Morgan fingerprint density at radius 3 is 2.58 bits per heavy atom. The van der Waals surface area contributed by atoms with Gasteiger partial charge in [-0.1, -0.05) is 12.1 Å². The molecule has 1 N–H and O–H groups in total. The minimum Gasteiger partial charge on any atom is -0.358 e. The van der Waals surface area contributed by atoms with Crippen molar-refractivity contribution < 1.29 is 9.18 Å². The lowest BCUT2D eigenvalue weighted by molar-refractivity contribution is -0.109. The van der Waals surface area contributed by atoms with E-state index in [0.29, 0.717) is 13.0 Å². The number of halogens is 1. The van der Waals surface area contributed by atoms with Gasteiger partial charge >= 0.3 is 0 Å². The minimum absolute atomic E-state index is 0.234. The van der Waals surface area contributed by atoms with Crippen molar-refractivity contribution in [1.82, 2.24) is 5.32 Å². The van der Waals surface area contributed by atoms with Gasteiger partial charge in [0.2, 0.25) is 6.41 Å². The molecule has 1 aromatic rings. The summed E-state index contributed by atoms with van der Waals surface area (Å²) >= 11 is 0. The van der Waals surface area contributed by atoms with Crippen LogP contribution in [0.15, 0.2) is 24.3 Å². The van der Waals surface area contributed by atoms with Gasteiger partial charge in [-0.3, -0.25) is 4.79 Å². The predicted octanol–water partition coefficient (Wildman–Crippen LogP) is 1.11. The van der Waals surface area contributed by atoms with Crippen LogP contribution in [0.2, 0.25) is 0 Å². The molecular weight excluding hydrogens is 157 g/mol. The molecule has 1 aromatic carbocycles. The first kappa shape index (κ1) is 8.71. The average molecular weight is 167 g/mol. The largest absolute Gasteiger partial charge is 0.358 e. The van der Waals surface area contributed by atoms with Crippen LogP contribution >= 0.6 is 0 Å². The predicted molar refractivity (Wildman–Crippen MR) is 44.2 cm³/mol. The lowest BCUT2D eigenvalue weighted by Gasteiger charge is -1.99. The van der Waals surface area contributed by atoms with Gasteiger partial charge < -0.3 is 5.32 Å². The molecule has 0 fully saturated rings. The molecule has 0 unspecified atom stereocenters. The van der Waals surface area contributed by atoms with Crippen molar-refractivity contribution in [2.24, 2.45) is 0 Å². The number of rotatable bonds is 4. The van der Waals surface area contributed by atoms with Crippen molar-refractivity contribution in [3.05, 3.63) is 35.6 Å². The van der Waals surface area contributed by atoms with Crippen LogP contribution < -0.4 is 5.32 Å². The molecule has 2 nitrogen and oxygen atoms in total. The van der Waals surface area contributed by atoms with Crippen LogP contribution in [0.3, 0.4) is 0 Å². The van der Waals surface area contributed by atoms with E-state index in [2.05, 4.69) is 5.32 Å². The summed E-state index contributed by atoms with van der Waals surface area (Å²) in [5.74, 6) is -0.234. The zero-order chi connectivity index (χ0) is 8.81. The fraction of sp³-hybridized carbons (Fsp3) is 0.222. The lowest BCUT2D eigenvalue weighted by atomic mass is 10.1. The first-order valence-corrected chi connectivity index (χ1v) is 3.74. The topological polar surface area (TPSA) is 29.1 Å². The van der Waals surface area contributed by atoms with E-state index in [-0.39, 0.29) is 5.82 Å². The van der Waals surface area contributed by atoms with Gasteiger partial charge in [0.25, 0.3) is 0 Å². The van der Waals surface area contributed by atoms with Crippen molar-refractivity contribution >= 4 is 6.41 Å². The monoisotopic (exact) mass is 167 g/mol. The number of amides is 1. The van der Waals surface area contributed by atoms with Crippen LogP contribution in [-0.2, 0) is 11.2 Å². The Morgan fingerprint density at radius 2 is 2.00 bits per heavy atom. The van der Waals surface area contributed by atoms with E-state index in [1.165, 1.54) is 12.1 Å². The van der Waals surface area contributed by atoms with Crippen LogP contribution in [0.5, 0.6) is 0 Å². The normalized spacial score (nSPS) is 9.42. The highest BCUT2D eigenvalue weighted by Gasteiger charge is 1.92. The maximum absolute atomic E-state index is 12.4. The molecular formula is C9H10FNO. The van der Waals surface area contributed by atoms with Crippen LogP contribution in [-0.4, -0.2) is 13.0 Å². The van der Waals surface area contributed by atoms with E-state index >= 15 is 0 Å². The van der Waals surface area contributed by atoms with Gasteiger partial charge in [0.1, 0.15) is 5.82 Å². The highest BCUT2D eigenvalue weighted by Crippen LogP contribution is 2.02. The summed E-state index contributed by atoms with van der Waals surface area (Å²) in [7, 11) is 0. The molecule has 3 heteroatoms. The zero-order valence-electron chi connectivity index (χ0n) is 6.59. The molecule has 1 rings (SSSR count). The maximum atomic E-state index is 12.4. The second-order valence-corrected chi connectivity index (χ2v) is 2.45. The third kappa shape index (κ3) is 2.70. The van der Waals surface area contributed by atoms with Crippen molar-refractivity contribution in [2.75, 3.05) is 6.54 Å². The summed E-state index contributed by atoms with van der Waals surface area (Å²) in [5.41, 5.74) is 1.02. The smallest absolute Gasteiger partial charge is 0.207 e. The molecule has 0 bridgehead atoms. The molecule has 0 atom stereocenters. The van der Waals surface area contributed by atoms with Crippen molar-refractivity contribution in [3.8, 4) is 0 Å². The van der Waals surface area contributed by atoms with Gasteiger partial charge in [-0.2, -0.15) is 0 Å². The second kappa shape index (κ2) is 4.49. The average Bonchev–Trinajstić information content (AvgIpc) is 2.09. The standard InChI is InChI=1S/C9H10FNO/c10-9-3-1-8(2-4-9)5-6-11-7-12/h1-4,7H,5-6H2,(H,11,12). The molecule has 0 radical (unpaired) electrons. The summed E-state index contributed by atoms with van der Waals surface area (Å²) in [4.78, 5) is 9.88. The Labute approximate surface area is 70.4 Å². The van der Waals surface area contributed by atoms with E-state index in [9.17, 15) is 9.18 Å². The van der Waals surface area contributed by atoms with E-state index < -0.39 is 0 Å². The number of hydrogen-bond acceptors (Lipinski definition) is 1. The molecule has 0 heterocycles. The molecule has 12 heavy (non-hydrogen) atoms. The fourth-order valence-corrected chi connectivity index (χ4v) is 0.927. The van der Waals surface area contributed by atoms with E-state index in [1.807, 2.05) is 0 Å². The van der Waals surface area contributed by atoms with Gasteiger partial charge in [0.05, 0.1) is 0 Å². The van der Waals surface area contributed by atoms with E-state index in [4.69, 9.17) is 0 Å². The summed E-state index contributed by atoms with van der Waals surface area (Å²) in [5, 5.41) is 2.54. The number of carbonyl (C=O) groups is 1. The SMILES string of the molecule is O=CNCCc1ccc(F)cc1. The molecule has 0 aliphatic rings. The van der Waals surface area contributed by atoms with E-state index in [0.717, 1.165) is 12.0 Å². The summed E-state index contributed by atoms with van der Waals surface area (Å²) < 4.78 is 12.4. The summed E-state index contributed by atoms with van der Waals surface area (Å²) in [6, 6.07) is 6.25. The Hall–Kier alpha value is -1.38. The zero-order valence-corrected chi connectivity index (χ0v) is 6.59. The fourth-order valence-electron chi connectivity index (χ4n) is 0.927. The first-order chi connectivity index (χ1) is 5.83. The third-order valence-corrected chi connectivity index (χ3v) is 1.55. The molecule has 0 saturated carbocycles. The maximum Gasteiger partial charge on any atom is 0.207 e. The highest BCUT2D eigenvalue weighted by molar-refractivity contribution is 5.45. The molecule has 64 valence electrons. The molecule has 1 amide bonds. The van der Waals surface area contributed by atoms with Crippen LogP contribution in [0.1, 0.15) is 5.56 Å². The Balaban J connectivity index is 2.42. The van der Waals surface area contributed by atoms with Gasteiger partial charge in [0.15, 0.2) is 0 Å². The molecule has 0 spiro atoms. The van der Waals surface area contributed by atoms with E-state index in [1.54, 1.807) is 12.1 Å². The van der Waals surface area contributed by atoms with Crippen molar-refractivity contribution in [2.45, 2.75) is 6.42 Å². The Morgan fingerprint density at radius 1 is 1.33 bits per heavy atom. The third-order valence-electron chi connectivity index (χ3n) is 1.55. The minimum atomic E-state index is -0.234. The van der Waals surface area contributed by atoms with Gasteiger partial charge in [-0.25, -0.2) is 4.39 Å². The van der Waals surface area contributed by atoms with Crippen LogP contribution in [0.4, 0.5) is 4.39 Å². The van der Waals surface area contributed by atoms with Crippen LogP contribution in [0, 0.1) is 5.82 Å². The quantitative estimate of drug-likeness (QED) is 0.528. The number of nitrogens with one attached hydrogen (secondary N) is 1. The number of carbonyl (C=O) groups excluding carboxylic acids is 1. The van der Waals surface area contributed by atoms with Gasteiger partial charge in [-0.15, -0.1) is 0 Å². The first-order valence-electron chi connectivity index (χ1n) is 3.74. The van der Waals surface area contributed by atoms with Crippen molar-refractivity contribution in [1.29, 1.82) is 0 Å². The van der Waals surface area contributed by atoms with Gasteiger partial charge in [0, 0.05) is 6.54 Å². The van der Waals surface area contributed by atoms with Gasteiger partial charge in [-0.05, 0) is 24.1 Å². The molecule has 0 aliphatic carbocycles. The van der Waals surface area contributed by atoms with Crippen LogP contribution in [0.25, 0.3) is 0 Å². The molecule has 0 saturated heterocycles. The Kier molecular flexibility index (Phi) is 3.26. The number of hydrogen-bond donors (Lipinski definition) is 1. The molecule has 0 aromatic heterocycles. The highest BCUT2D eigenvalue weighted by atomic mass is 19.1. The summed E-state index contributed by atoms with van der Waals surface area (Å²) in [6.07, 6.45) is 1.39. The summed E-state index contributed by atoms with van der Waals surface area (Å²) in [6.45, 7) is 0.592. The van der Waals surface area contributed by atoms with Crippen molar-refractivity contribution in [3.63, 3.8) is 0 Å². The lowest BCUT2D eigenvalue weighted by Crippen LogP contribution is -2.14. The second-order valence-electron chi connectivity index (χ2n) is 2.45.